The summed E-state index contributed by atoms with van der Waals surface area (Å²) in [6.45, 7) is 0.885. The van der Waals surface area contributed by atoms with E-state index in [9.17, 15) is 17.6 Å². The van der Waals surface area contributed by atoms with Crippen LogP contribution in [0.25, 0.3) is 0 Å². The maximum atomic E-state index is 13.4. The molecule has 0 fully saturated rings. The van der Waals surface area contributed by atoms with Gasteiger partial charge in [0, 0.05) is 19.6 Å². The molecule has 142 valence electrons. The molecule has 1 heterocycles. The SMILES string of the molecule is CN(C)CCN(Cc1cccc(F)c1)C(=O)CNS(=O)(=O)c1cccs1. The lowest BCUT2D eigenvalue weighted by atomic mass is 10.2. The van der Waals surface area contributed by atoms with Crippen molar-refractivity contribution in [2.75, 3.05) is 33.7 Å². The molecule has 2 aromatic rings. The fourth-order valence-electron chi connectivity index (χ4n) is 2.22. The molecular weight excluding hydrogens is 377 g/mol. The molecule has 2 rings (SSSR count). The summed E-state index contributed by atoms with van der Waals surface area (Å²) in [5, 5.41) is 1.66. The van der Waals surface area contributed by atoms with Gasteiger partial charge in [-0.25, -0.2) is 17.5 Å². The smallest absolute Gasteiger partial charge is 0.250 e. The number of amides is 1. The molecule has 0 unspecified atom stereocenters. The molecule has 0 bridgehead atoms. The third-order valence-corrected chi connectivity index (χ3v) is 6.40. The monoisotopic (exact) mass is 399 g/mol. The van der Waals surface area contributed by atoms with Crippen LogP contribution >= 0.6 is 11.3 Å². The van der Waals surface area contributed by atoms with Gasteiger partial charge in [0.1, 0.15) is 10.0 Å². The molecule has 1 aromatic heterocycles. The molecule has 1 amide bonds. The van der Waals surface area contributed by atoms with E-state index in [4.69, 9.17) is 0 Å². The van der Waals surface area contributed by atoms with E-state index in [2.05, 4.69) is 4.72 Å². The van der Waals surface area contributed by atoms with Gasteiger partial charge in [0.2, 0.25) is 5.91 Å². The van der Waals surface area contributed by atoms with E-state index in [1.807, 2.05) is 19.0 Å². The van der Waals surface area contributed by atoms with E-state index in [1.165, 1.54) is 23.1 Å². The summed E-state index contributed by atoms with van der Waals surface area (Å²) in [6.07, 6.45) is 0. The predicted molar refractivity (Wildman–Crippen MR) is 99.9 cm³/mol. The van der Waals surface area contributed by atoms with Crippen LogP contribution in [0, 0.1) is 5.82 Å². The van der Waals surface area contributed by atoms with Gasteiger partial charge in [-0.3, -0.25) is 4.79 Å². The predicted octanol–water partition coefficient (Wildman–Crippen LogP) is 1.76. The van der Waals surface area contributed by atoms with E-state index < -0.39 is 10.0 Å². The van der Waals surface area contributed by atoms with Crippen molar-refractivity contribution in [1.29, 1.82) is 0 Å². The van der Waals surface area contributed by atoms with Crippen LogP contribution < -0.4 is 4.72 Å². The fraction of sp³-hybridized carbons (Fsp3) is 0.353. The van der Waals surface area contributed by atoms with Gasteiger partial charge in [-0.15, -0.1) is 11.3 Å². The number of sulfonamides is 1. The Kier molecular flexibility index (Phi) is 7.27. The van der Waals surface area contributed by atoms with Gasteiger partial charge >= 0.3 is 0 Å². The third kappa shape index (κ3) is 6.17. The molecule has 9 heteroatoms. The van der Waals surface area contributed by atoms with Gasteiger partial charge in [0.05, 0.1) is 6.54 Å². The highest BCUT2D eigenvalue weighted by Crippen LogP contribution is 2.15. The molecule has 0 aliphatic heterocycles. The minimum Gasteiger partial charge on any atom is -0.336 e. The minimum atomic E-state index is -3.71. The maximum Gasteiger partial charge on any atom is 0.250 e. The number of halogens is 1. The standard InChI is InChI=1S/C17H22FN3O3S2/c1-20(2)8-9-21(13-14-5-3-6-15(18)11-14)16(22)12-19-26(23,24)17-7-4-10-25-17/h3-7,10-11,19H,8-9,12-13H2,1-2H3. The molecule has 6 nitrogen and oxygen atoms in total. The third-order valence-electron chi connectivity index (χ3n) is 3.61. The van der Waals surface area contributed by atoms with Crippen LogP contribution in [0.4, 0.5) is 4.39 Å². The highest BCUT2D eigenvalue weighted by Gasteiger charge is 2.20. The maximum absolute atomic E-state index is 13.4. The first-order chi connectivity index (χ1) is 12.3. The van der Waals surface area contributed by atoms with Crippen molar-refractivity contribution >= 4 is 27.3 Å². The van der Waals surface area contributed by atoms with Gasteiger partial charge in [0.15, 0.2) is 0 Å². The number of benzene rings is 1. The van der Waals surface area contributed by atoms with Gasteiger partial charge in [0.25, 0.3) is 10.0 Å². The lowest BCUT2D eigenvalue weighted by Crippen LogP contribution is -2.42. The Labute approximate surface area is 157 Å². The number of carbonyl (C=O) groups excluding carboxylic acids is 1. The van der Waals surface area contributed by atoms with Gasteiger partial charge in [-0.1, -0.05) is 18.2 Å². The van der Waals surface area contributed by atoms with Crippen LogP contribution in [0.1, 0.15) is 5.56 Å². The summed E-state index contributed by atoms with van der Waals surface area (Å²) in [4.78, 5) is 16.0. The number of rotatable bonds is 9. The van der Waals surface area contributed by atoms with E-state index in [1.54, 1.807) is 23.6 Å². The number of carbonyl (C=O) groups is 1. The molecule has 0 aliphatic rings. The zero-order valence-electron chi connectivity index (χ0n) is 14.7. The molecule has 1 aromatic carbocycles. The first-order valence-electron chi connectivity index (χ1n) is 7.98. The Balaban J connectivity index is 2.04. The number of thiophene rings is 1. The molecule has 0 spiro atoms. The number of hydrogen-bond acceptors (Lipinski definition) is 5. The Morgan fingerprint density at radius 3 is 2.58 bits per heavy atom. The van der Waals surface area contributed by atoms with Crippen LogP contribution in [0.15, 0.2) is 46.0 Å². The number of likely N-dealkylation sites (N-methyl/N-ethyl adjacent to an activating group) is 1. The number of nitrogens with one attached hydrogen (secondary N) is 1. The average Bonchev–Trinajstić information content (AvgIpc) is 3.12. The van der Waals surface area contributed by atoms with Crippen LogP contribution in [-0.2, 0) is 21.4 Å². The fourth-order valence-corrected chi connectivity index (χ4v) is 4.24. The summed E-state index contributed by atoms with van der Waals surface area (Å²) in [5.74, 6) is -0.739. The van der Waals surface area contributed by atoms with Crippen LogP contribution in [0.5, 0.6) is 0 Å². The minimum absolute atomic E-state index is 0.162. The van der Waals surface area contributed by atoms with Crippen molar-refractivity contribution in [3.8, 4) is 0 Å². The average molecular weight is 400 g/mol. The van der Waals surface area contributed by atoms with Gasteiger partial charge in [-0.2, -0.15) is 0 Å². The summed E-state index contributed by atoms with van der Waals surface area (Å²) < 4.78 is 40.2. The molecule has 0 radical (unpaired) electrons. The highest BCUT2D eigenvalue weighted by atomic mass is 32.2. The Morgan fingerprint density at radius 1 is 1.19 bits per heavy atom. The molecule has 0 saturated carbocycles. The van der Waals surface area contributed by atoms with Crippen LogP contribution in [0.3, 0.4) is 0 Å². The van der Waals surface area contributed by atoms with Crippen molar-refractivity contribution in [3.05, 3.63) is 53.2 Å². The molecule has 0 saturated heterocycles. The topological polar surface area (TPSA) is 69.7 Å². The van der Waals surface area contributed by atoms with Crippen molar-refractivity contribution in [1.82, 2.24) is 14.5 Å². The number of hydrogen-bond donors (Lipinski definition) is 1. The summed E-state index contributed by atoms with van der Waals surface area (Å²) >= 11 is 1.08. The molecule has 0 aliphatic carbocycles. The van der Waals surface area contributed by atoms with Crippen molar-refractivity contribution < 1.29 is 17.6 Å². The lowest BCUT2D eigenvalue weighted by Gasteiger charge is -2.24. The van der Waals surface area contributed by atoms with Crippen molar-refractivity contribution in [2.45, 2.75) is 10.8 Å². The zero-order valence-corrected chi connectivity index (χ0v) is 16.3. The summed E-state index contributed by atoms with van der Waals surface area (Å²) in [5.41, 5.74) is 0.651. The lowest BCUT2D eigenvalue weighted by molar-refractivity contribution is -0.130. The van der Waals surface area contributed by atoms with E-state index in [0.29, 0.717) is 18.7 Å². The Hall–Kier alpha value is -1.81. The number of nitrogens with zero attached hydrogens (tertiary/aromatic N) is 2. The van der Waals surface area contributed by atoms with Crippen molar-refractivity contribution in [2.24, 2.45) is 0 Å². The molecule has 0 atom stereocenters. The Morgan fingerprint density at radius 2 is 1.96 bits per heavy atom. The van der Waals surface area contributed by atoms with Crippen LogP contribution in [0.2, 0.25) is 0 Å². The normalized spacial score (nSPS) is 11.7. The van der Waals surface area contributed by atoms with Gasteiger partial charge < -0.3 is 9.80 Å². The first kappa shape index (κ1) is 20.5. The molecular formula is C17H22FN3O3S2. The Bertz CT molecular complexity index is 824. The zero-order chi connectivity index (χ0) is 19.2. The molecule has 1 N–H and O–H groups in total. The van der Waals surface area contributed by atoms with Gasteiger partial charge in [-0.05, 0) is 43.2 Å². The van der Waals surface area contributed by atoms with E-state index >= 15 is 0 Å². The second-order valence-electron chi connectivity index (χ2n) is 6.01. The summed E-state index contributed by atoms with van der Waals surface area (Å²) in [6, 6.07) is 9.13. The highest BCUT2D eigenvalue weighted by molar-refractivity contribution is 7.91. The molecule has 26 heavy (non-hydrogen) atoms. The second kappa shape index (κ2) is 9.22. The largest absolute Gasteiger partial charge is 0.336 e. The first-order valence-corrected chi connectivity index (χ1v) is 10.3. The van der Waals surface area contributed by atoms with E-state index in [0.717, 1.165) is 11.3 Å². The van der Waals surface area contributed by atoms with E-state index in [-0.39, 0.29) is 29.0 Å². The quantitative estimate of drug-likeness (QED) is 0.698. The summed E-state index contributed by atoms with van der Waals surface area (Å²) in [7, 11) is 0.0528. The van der Waals surface area contributed by atoms with Crippen molar-refractivity contribution in [3.63, 3.8) is 0 Å². The van der Waals surface area contributed by atoms with Crippen LogP contribution in [-0.4, -0.2) is 57.9 Å². The second-order valence-corrected chi connectivity index (χ2v) is 8.95.